The molecule has 1 aromatic rings. The number of methoxy groups -OCH3 is 1. The van der Waals surface area contributed by atoms with Gasteiger partial charge in [0.15, 0.2) is 0 Å². The van der Waals surface area contributed by atoms with Gasteiger partial charge in [0.05, 0.1) is 23.3 Å². The fourth-order valence-electron chi connectivity index (χ4n) is 6.32. The summed E-state index contributed by atoms with van der Waals surface area (Å²) in [6, 6.07) is 3.69. The summed E-state index contributed by atoms with van der Waals surface area (Å²) in [5.74, 6) is 0.478. The lowest BCUT2D eigenvalue weighted by atomic mass is 9.84. The number of rotatable bonds is 5. The first-order chi connectivity index (χ1) is 18.8. The van der Waals surface area contributed by atoms with E-state index in [2.05, 4.69) is 10.2 Å². The molecule has 2 amide bonds. The van der Waals surface area contributed by atoms with Crippen molar-refractivity contribution in [1.29, 1.82) is 0 Å². The van der Waals surface area contributed by atoms with Crippen molar-refractivity contribution < 1.29 is 24.0 Å². The van der Waals surface area contributed by atoms with Gasteiger partial charge in [0, 0.05) is 44.3 Å². The van der Waals surface area contributed by atoms with E-state index in [4.69, 9.17) is 9.47 Å². The van der Waals surface area contributed by atoms with Crippen molar-refractivity contribution in [2.45, 2.75) is 90.3 Å². The molecule has 0 spiro atoms. The van der Waals surface area contributed by atoms with Crippen LogP contribution in [-0.2, 0) is 15.9 Å². The standard InChI is InChI=1S/C29H45N5O6/c1-28(2,3)40-26(35)32-16-14-31(15-17-32)19-20-8-7-9-21(18-20)30-23-10-11-24-22(25(23)34(37)38)12-13-29(4,5)33(24)27(36)39-6/h10-11,20-21,30H,7-9,12-19H2,1-6H3/t20-,21-/m1/s1. The third-order valence-corrected chi connectivity index (χ3v) is 8.31. The van der Waals surface area contributed by atoms with Gasteiger partial charge in [0.1, 0.15) is 11.3 Å². The van der Waals surface area contributed by atoms with Crippen LogP contribution < -0.4 is 10.2 Å². The minimum Gasteiger partial charge on any atom is -0.452 e. The number of carbonyl (C=O) groups is 2. The van der Waals surface area contributed by atoms with Crippen molar-refractivity contribution in [2.75, 3.05) is 50.1 Å². The number of benzene rings is 1. The van der Waals surface area contributed by atoms with Gasteiger partial charge in [-0.1, -0.05) is 6.42 Å². The van der Waals surface area contributed by atoms with E-state index in [1.54, 1.807) is 15.9 Å². The Labute approximate surface area is 237 Å². The molecule has 1 aliphatic carbocycles. The highest BCUT2D eigenvalue weighted by Crippen LogP contribution is 2.45. The number of hydrogen-bond donors (Lipinski definition) is 1. The molecule has 0 bridgehead atoms. The number of nitrogens with one attached hydrogen (secondary N) is 1. The van der Waals surface area contributed by atoms with Crippen molar-refractivity contribution in [2.24, 2.45) is 5.92 Å². The van der Waals surface area contributed by atoms with Crippen LogP contribution in [0.15, 0.2) is 12.1 Å². The summed E-state index contributed by atoms with van der Waals surface area (Å²) >= 11 is 0. The molecule has 0 aromatic heterocycles. The van der Waals surface area contributed by atoms with Gasteiger partial charge in [-0.15, -0.1) is 0 Å². The van der Waals surface area contributed by atoms with Crippen molar-refractivity contribution in [3.05, 3.63) is 27.8 Å². The first-order valence-electron chi connectivity index (χ1n) is 14.4. The Balaban J connectivity index is 1.40. The van der Waals surface area contributed by atoms with Crippen molar-refractivity contribution in [3.8, 4) is 0 Å². The van der Waals surface area contributed by atoms with Gasteiger partial charge in [0.2, 0.25) is 0 Å². The van der Waals surface area contributed by atoms with E-state index in [0.29, 0.717) is 48.8 Å². The maximum Gasteiger partial charge on any atom is 0.414 e. The molecule has 1 aromatic carbocycles. The molecule has 0 unspecified atom stereocenters. The van der Waals surface area contributed by atoms with Gasteiger partial charge in [-0.25, -0.2) is 9.59 Å². The molecule has 2 atom stereocenters. The van der Waals surface area contributed by atoms with E-state index >= 15 is 0 Å². The Morgan fingerprint density at radius 3 is 2.45 bits per heavy atom. The predicted molar refractivity (Wildman–Crippen MR) is 154 cm³/mol. The van der Waals surface area contributed by atoms with E-state index < -0.39 is 17.2 Å². The van der Waals surface area contributed by atoms with E-state index in [0.717, 1.165) is 45.3 Å². The molecule has 3 aliphatic rings. The Bertz CT molecular complexity index is 1110. The van der Waals surface area contributed by atoms with E-state index in [9.17, 15) is 19.7 Å². The van der Waals surface area contributed by atoms with Gasteiger partial charge in [0.25, 0.3) is 5.69 Å². The third kappa shape index (κ3) is 6.79. The van der Waals surface area contributed by atoms with Crippen LogP contribution in [0.2, 0.25) is 0 Å². The van der Waals surface area contributed by atoms with Gasteiger partial charge in [-0.2, -0.15) is 0 Å². The monoisotopic (exact) mass is 559 g/mol. The molecule has 1 N–H and O–H groups in total. The van der Waals surface area contributed by atoms with Gasteiger partial charge >= 0.3 is 12.2 Å². The molecular formula is C29H45N5O6. The topological polar surface area (TPSA) is 117 Å². The van der Waals surface area contributed by atoms with Crippen LogP contribution in [0, 0.1) is 16.0 Å². The maximum absolute atomic E-state index is 12.6. The Morgan fingerprint density at radius 2 is 1.82 bits per heavy atom. The smallest absolute Gasteiger partial charge is 0.414 e. The number of nitrogens with zero attached hydrogens (tertiary/aromatic N) is 4. The largest absolute Gasteiger partial charge is 0.452 e. The summed E-state index contributed by atoms with van der Waals surface area (Å²) in [4.78, 5) is 42.7. The summed E-state index contributed by atoms with van der Waals surface area (Å²) in [6.45, 7) is 13.4. The van der Waals surface area contributed by atoms with Crippen LogP contribution in [0.1, 0.15) is 72.3 Å². The fraction of sp³-hybridized carbons (Fsp3) is 0.724. The number of carbonyl (C=O) groups excluding carboxylic acids is 2. The second-order valence-corrected chi connectivity index (χ2v) is 13.0. The molecule has 222 valence electrons. The van der Waals surface area contributed by atoms with Gasteiger partial charge in [-0.05, 0) is 84.8 Å². The van der Waals surface area contributed by atoms with Crippen molar-refractivity contribution >= 4 is 29.2 Å². The summed E-state index contributed by atoms with van der Waals surface area (Å²) < 4.78 is 10.5. The zero-order valence-electron chi connectivity index (χ0n) is 24.8. The summed E-state index contributed by atoms with van der Waals surface area (Å²) in [7, 11) is 1.33. The van der Waals surface area contributed by atoms with Gasteiger partial charge < -0.3 is 19.7 Å². The lowest BCUT2D eigenvalue weighted by Crippen LogP contribution is -2.51. The zero-order chi connectivity index (χ0) is 29.2. The molecule has 2 heterocycles. The number of piperazine rings is 1. The normalized spacial score (nSPS) is 23.2. The SMILES string of the molecule is COC(=O)N1c2ccc(N[C@@H]3CCC[C@@H](CN4CCN(C(=O)OC(C)(C)C)CC4)C3)c([N+](=O)[O-])c2CCC1(C)C. The number of fused-ring (bicyclic) bond motifs is 1. The minimum atomic E-state index is -0.511. The lowest BCUT2D eigenvalue weighted by molar-refractivity contribution is -0.384. The molecular weight excluding hydrogens is 514 g/mol. The van der Waals surface area contributed by atoms with E-state index in [1.165, 1.54) is 7.11 Å². The molecule has 0 radical (unpaired) electrons. The predicted octanol–water partition coefficient (Wildman–Crippen LogP) is 5.42. The van der Waals surface area contributed by atoms with E-state index in [1.807, 2.05) is 40.7 Å². The number of amides is 2. The highest BCUT2D eigenvalue weighted by molar-refractivity contribution is 5.93. The fourth-order valence-corrected chi connectivity index (χ4v) is 6.32. The first kappa shape index (κ1) is 29.9. The van der Waals surface area contributed by atoms with Crippen molar-refractivity contribution in [1.82, 2.24) is 9.80 Å². The van der Waals surface area contributed by atoms with Crippen LogP contribution in [0.25, 0.3) is 0 Å². The number of anilines is 2. The first-order valence-corrected chi connectivity index (χ1v) is 14.4. The molecule has 2 fully saturated rings. The molecule has 11 heteroatoms. The number of nitro groups is 1. The summed E-state index contributed by atoms with van der Waals surface area (Å²) in [5, 5.41) is 15.8. The zero-order valence-corrected chi connectivity index (χ0v) is 24.8. The van der Waals surface area contributed by atoms with Crippen LogP contribution in [-0.4, -0.2) is 83.9 Å². The van der Waals surface area contributed by atoms with E-state index in [-0.39, 0.29) is 22.7 Å². The molecule has 11 nitrogen and oxygen atoms in total. The van der Waals surface area contributed by atoms with Crippen LogP contribution in [0.3, 0.4) is 0 Å². The summed E-state index contributed by atoms with van der Waals surface area (Å²) in [6.07, 6.45) is 4.43. The molecule has 2 aliphatic heterocycles. The van der Waals surface area contributed by atoms with Gasteiger partial charge in [-0.3, -0.25) is 19.9 Å². The molecule has 1 saturated heterocycles. The Morgan fingerprint density at radius 1 is 1.12 bits per heavy atom. The Hall–Kier alpha value is -3.08. The second-order valence-electron chi connectivity index (χ2n) is 13.0. The minimum absolute atomic E-state index is 0.0577. The highest BCUT2D eigenvalue weighted by Gasteiger charge is 2.41. The van der Waals surface area contributed by atoms with Crippen LogP contribution in [0.4, 0.5) is 26.7 Å². The quantitative estimate of drug-likeness (QED) is 0.376. The second kappa shape index (κ2) is 11.8. The number of ether oxygens (including phenoxy) is 2. The third-order valence-electron chi connectivity index (χ3n) is 8.31. The number of nitro benzene ring substituents is 1. The van der Waals surface area contributed by atoms with Crippen LogP contribution >= 0.6 is 0 Å². The van der Waals surface area contributed by atoms with Crippen LogP contribution in [0.5, 0.6) is 0 Å². The summed E-state index contributed by atoms with van der Waals surface area (Å²) in [5.41, 5.74) is 0.704. The highest BCUT2D eigenvalue weighted by atomic mass is 16.6. The average molecular weight is 560 g/mol. The molecule has 40 heavy (non-hydrogen) atoms. The molecule has 1 saturated carbocycles. The number of hydrogen-bond acceptors (Lipinski definition) is 8. The lowest BCUT2D eigenvalue weighted by Gasteiger charge is -2.42. The van der Waals surface area contributed by atoms with Crippen molar-refractivity contribution in [3.63, 3.8) is 0 Å². The molecule has 4 rings (SSSR count). The maximum atomic E-state index is 12.6. The Kier molecular flexibility index (Phi) is 8.82. The average Bonchev–Trinajstić information content (AvgIpc) is 2.87.